The van der Waals surface area contributed by atoms with Crippen LogP contribution in [0.1, 0.15) is 95.9 Å². The number of primary amides is 1. The fourth-order valence-corrected chi connectivity index (χ4v) is 5.33. The number of likely N-dealkylation sites (tertiary alicyclic amines) is 1. The lowest BCUT2D eigenvalue weighted by Crippen LogP contribution is -2.62. The van der Waals surface area contributed by atoms with E-state index >= 15 is 0 Å². The third-order valence-corrected chi connectivity index (χ3v) is 7.75. The lowest BCUT2D eigenvalue weighted by molar-refractivity contribution is -0.145. The summed E-state index contributed by atoms with van der Waals surface area (Å²) in [5.41, 5.74) is -0.141. The predicted molar refractivity (Wildman–Crippen MR) is 139 cm³/mol. The van der Waals surface area contributed by atoms with Crippen LogP contribution in [0.15, 0.2) is 0 Å². The number of rotatable bonds is 8. The average Bonchev–Trinajstić information content (AvgIpc) is 3.16. The van der Waals surface area contributed by atoms with Gasteiger partial charge in [-0.2, -0.15) is 0 Å². The van der Waals surface area contributed by atoms with E-state index < -0.39 is 103 Å². The Kier molecular flexibility index (Phi) is 4.56. The second-order valence-electron chi connectivity index (χ2n) is 12.0. The molecule has 37 heavy (non-hydrogen) atoms. The van der Waals surface area contributed by atoms with Gasteiger partial charge in [0, 0.05) is 27.2 Å². The highest BCUT2D eigenvalue weighted by Gasteiger charge is 2.70. The number of amides is 5. The normalized spacial score (nSPS) is 32.1. The first-order valence-corrected chi connectivity index (χ1v) is 12.4. The summed E-state index contributed by atoms with van der Waals surface area (Å²) in [4.78, 5) is 67.3. The molecule has 5 N–H and O–H groups in total. The SMILES string of the molecule is [2H]C([2H])(C1CCC1)[C@H](NC(=O)[C@@H]1[C@@H]2[C@H](CN1C(=O)[C@@H](NC(=O)NC(C([2H])([2H])[2H])(C([2H])([2H])[2H])C([2H])([2H])[2H])C(C)(C)C)C2(C)C)C(=O)C(N)=O. The molecular weight excluding hydrogens is 474 g/mol. The number of nitrogens with one attached hydrogen (secondary N) is 3. The highest BCUT2D eigenvalue weighted by Crippen LogP contribution is 2.65. The molecule has 0 spiro atoms. The molecule has 3 fully saturated rings. The third kappa shape index (κ3) is 6.26. The van der Waals surface area contributed by atoms with Crippen molar-refractivity contribution in [2.45, 2.75) is 104 Å². The molecule has 2 saturated carbocycles. The first-order valence-electron chi connectivity index (χ1n) is 17.9. The van der Waals surface area contributed by atoms with Gasteiger partial charge in [0.15, 0.2) is 0 Å². The van der Waals surface area contributed by atoms with Crippen molar-refractivity contribution in [2.24, 2.45) is 34.3 Å². The number of Topliss-reactive ketones (excluding diaryl/α,β-unsaturated/α-hetero) is 1. The van der Waals surface area contributed by atoms with Gasteiger partial charge in [-0.05, 0) is 55.5 Å². The van der Waals surface area contributed by atoms with E-state index in [2.05, 4.69) is 10.6 Å². The van der Waals surface area contributed by atoms with Crippen LogP contribution in [0.3, 0.4) is 0 Å². The van der Waals surface area contributed by atoms with E-state index in [1.54, 1.807) is 5.32 Å². The van der Waals surface area contributed by atoms with Gasteiger partial charge >= 0.3 is 6.03 Å². The van der Waals surface area contributed by atoms with Crippen LogP contribution in [-0.2, 0) is 19.2 Å². The number of nitrogens with zero attached hydrogens (tertiary/aromatic N) is 1. The monoisotopic (exact) mass is 530 g/mol. The number of hydrogen-bond acceptors (Lipinski definition) is 5. The molecule has 0 bridgehead atoms. The van der Waals surface area contributed by atoms with Crippen LogP contribution in [-0.4, -0.2) is 64.6 Å². The van der Waals surface area contributed by atoms with Crippen LogP contribution in [0, 0.1) is 28.6 Å². The summed E-state index contributed by atoms with van der Waals surface area (Å²) in [7, 11) is 0. The van der Waals surface area contributed by atoms with Gasteiger partial charge in [-0.15, -0.1) is 0 Å². The summed E-state index contributed by atoms with van der Waals surface area (Å²) in [5, 5.41) is 6.25. The van der Waals surface area contributed by atoms with Gasteiger partial charge in [-0.3, -0.25) is 19.2 Å². The third-order valence-electron chi connectivity index (χ3n) is 7.75. The smallest absolute Gasteiger partial charge is 0.315 e. The van der Waals surface area contributed by atoms with E-state index in [-0.39, 0.29) is 12.5 Å². The fourth-order valence-electron chi connectivity index (χ4n) is 5.33. The van der Waals surface area contributed by atoms with E-state index in [1.165, 1.54) is 20.8 Å². The molecule has 0 aromatic heterocycles. The van der Waals surface area contributed by atoms with Crippen LogP contribution in [0.2, 0.25) is 0 Å². The lowest BCUT2D eigenvalue weighted by atomic mass is 9.80. The largest absolute Gasteiger partial charge is 0.363 e. The molecule has 1 aliphatic heterocycles. The standard InChI is InChI=1S/C27H45N5O5/c1-25(2,3)20(30-24(37)31-26(4,5)6)23(36)32-13-15-17(27(15,7)8)18(32)22(35)29-16(19(33)21(28)34)12-14-10-9-11-14/h14-18,20H,9-13H2,1-8H3,(H2,28,34)(H,29,35)(H2,30,31,37)/t15-,16-,17-,18-,20+/m0/s1/i4D3,5D3,6D3,12D2. The zero-order valence-corrected chi connectivity index (χ0v) is 21.9. The van der Waals surface area contributed by atoms with Crippen molar-refractivity contribution in [3.8, 4) is 0 Å². The van der Waals surface area contributed by atoms with Crippen molar-refractivity contribution in [1.82, 2.24) is 20.9 Å². The van der Waals surface area contributed by atoms with Crippen LogP contribution < -0.4 is 21.7 Å². The Morgan fingerprint density at radius 2 is 1.73 bits per heavy atom. The summed E-state index contributed by atoms with van der Waals surface area (Å²) in [5.74, 6) is -5.89. The van der Waals surface area contributed by atoms with Gasteiger partial charge in [0.1, 0.15) is 12.1 Å². The topological polar surface area (TPSA) is 151 Å². The number of urea groups is 1. The highest BCUT2D eigenvalue weighted by molar-refractivity contribution is 6.37. The Balaban J connectivity index is 1.98. The van der Waals surface area contributed by atoms with Crippen LogP contribution >= 0.6 is 0 Å². The molecule has 0 aromatic carbocycles. The van der Waals surface area contributed by atoms with Gasteiger partial charge < -0.3 is 26.6 Å². The molecule has 0 aromatic rings. The maximum Gasteiger partial charge on any atom is 0.315 e. The van der Waals surface area contributed by atoms with Gasteiger partial charge in [-0.25, -0.2) is 4.79 Å². The Bertz CT molecular complexity index is 1300. The molecule has 0 radical (unpaired) electrons. The number of carbonyl (C=O) groups excluding carboxylic acids is 5. The van der Waals surface area contributed by atoms with Gasteiger partial charge in [0.25, 0.3) is 5.91 Å². The van der Waals surface area contributed by atoms with Crippen molar-refractivity contribution in [1.29, 1.82) is 0 Å². The summed E-state index contributed by atoms with van der Waals surface area (Å²) in [6.45, 7) is -2.99. The zero-order chi connectivity index (χ0) is 37.4. The second kappa shape index (κ2) is 9.91. The Morgan fingerprint density at radius 1 is 1.11 bits per heavy atom. The van der Waals surface area contributed by atoms with Crippen molar-refractivity contribution >= 4 is 29.5 Å². The maximum absolute atomic E-state index is 14.2. The highest BCUT2D eigenvalue weighted by atomic mass is 16.2. The first kappa shape index (κ1) is 17.0. The zero-order valence-electron chi connectivity index (χ0n) is 32.9. The molecule has 5 amide bonds. The minimum absolute atomic E-state index is 0.00182. The summed E-state index contributed by atoms with van der Waals surface area (Å²) in [6.07, 6.45) is -0.796. The Hall–Kier alpha value is -2.65. The fraction of sp³-hybridized carbons (Fsp3) is 0.815. The molecule has 5 atom stereocenters. The van der Waals surface area contributed by atoms with Crippen LogP contribution in [0.4, 0.5) is 4.79 Å². The number of hydrogen-bond donors (Lipinski definition) is 4. The second-order valence-corrected chi connectivity index (χ2v) is 12.0. The van der Waals surface area contributed by atoms with E-state index in [9.17, 15) is 24.0 Å². The first-order chi connectivity index (χ1) is 21.4. The molecular formula is C27H45N5O5. The van der Waals surface area contributed by atoms with Crippen molar-refractivity contribution in [3.63, 3.8) is 0 Å². The predicted octanol–water partition coefficient (Wildman–Crippen LogP) is 1.71. The number of carbonyl (C=O) groups is 5. The van der Waals surface area contributed by atoms with E-state index in [1.807, 2.05) is 13.8 Å². The molecule has 0 unspecified atom stereocenters. The molecule has 10 nitrogen and oxygen atoms in total. The van der Waals surface area contributed by atoms with Gasteiger partial charge in [0.05, 0.1) is 6.04 Å². The quantitative estimate of drug-likeness (QED) is 0.352. The average molecular weight is 531 g/mol. The summed E-state index contributed by atoms with van der Waals surface area (Å²) >= 11 is 0. The number of nitrogens with two attached hydrogens (primary N) is 1. The Labute approximate surface area is 235 Å². The molecule has 3 aliphatic rings. The van der Waals surface area contributed by atoms with Gasteiger partial charge in [-0.1, -0.05) is 53.9 Å². The summed E-state index contributed by atoms with van der Waals surface area (Å²) in [6, 6.07) is -6.36. The minimum Gasteiger partial charge on any atom is -0.363 e. The molecule has 10 heteroatoms. The molecule has 3 rings (SSSR count). The van der Waals surface area contributed by atoms with Crippen molar-refractivity contribution in [3.05, 3.63) is 0 Å². The van der Waals surface area contributed by atoms with Crippen molar-refractivity contribution in [2.75, 3.05) is 6.54 Å². The van der Waals surface area contributed by atoms with E-state index in [0.717, 1.165) is 4.90 Å². The van der Waals surface area contributed by atoms with Crippen molar-refractivity contribution < 1.29 is 39.1 Å². The van der Waals surface area contributed by atoms with Crippen LogP contribution in [0.25, 0.3) is 0 Å². The van der Waals surface area contributed by atoms with E-state index in [0.29, 0.717) is 19.3 Å². The van der Waals surface area contributed by atoms with E-state index in [4.69, 9.17) is 20.8 Å². The number of fused-ring (bicyclic) bond motifs is 1. The molecule has 2 aliphatic carbocycles. The molecule has 208 valence electrons. The minimum atomic E-state index is -3.75. The number of ketones is 1. The van der Waals surface area contributed by atoms with Gasteiger partial charge in [0.2, 0.25) is 17.6 Å². The number of piperidine rings is 1. The molecule has 1 saturated heterocycles. The molecule has 1 heterocycles. The summed E-state index contributed by atoms with van der Waals surface area (Å²) < 4.78 is 87.2. The lowest BCUT2D eigenvalue weighted by Gasteiger charge is -2.38. The maximum atomic E-state index is 14.2. The van der Waals surface area contributed by atoms with Crippen LogP contribution in [0.5, 0.6) is 0 Å². The Morgan fingerprint density at radius 3 is 2.22 bits per heavy atom.